The summed E-state index contributed by atoms with van der Waals surface area (Å²) in [6.45, 7) is 5.09. The zero-order valence-corrected chi connectivity index (χ0v) is 10.3. The van der Waals surface area contributed by atoms with Gasteiger partial charge >= 0.3 is 0 Å². The average Bonchev–Trinajstić information content (AvgIpc) is 2.70. The number of nitrogens with zero attached hydrogens (tertiary/aromatic N) is 2. The highest BCUT2D eigenvalue weighted by molar-refractivity contribution is 5.15. The molecule has 0 amide bonds. The van der Waals surface area contributed by atoms with E-state index in [2.05, 4.69) is 41.4 Å². The van der Waals surface area contributed by atoms with Gasteiger partial charge in [-0.15, -0.1) is 0 Å². The number of likely N-dealkylation sites (tertiary alicyclic amines) is 1. The highest BCUT2D eigenvalue weighted by Gasteiger charge is 2.35. The van der Waals surface area contributed by atoms with Crippen molar-refractivity contribution in [3.8, 4) is 6.19 Å². The second-order valence-electron chi connectivity index (χ2n) is 4.97. The number of nitrogens with one attached hydrogen (secondary N) is 1. The van der Waals surface area contributed by atoms with Crippen LogP contribution in [0, 0.1) is 11.5 Å². The predicted molar refractivity (Wildman–Crippen MR) is 68.1 cm³/mol. The Hall–Kier alpha value is -1.53. The summed E-state index contributed by atoms with van der Waals surface area (Å²) in [5.74, 6) is 0. The van der Waals surface area contributed by atoms with Gasteiger partial charge in [-0.3, -0.25) is 4.90 Å². The summed E-state index contributed by atoms with van der Waals surface area (Å²) in [7, 11) is 0. The molecule has 0 aliphatic carbocycles. The molecule has 0 saturated carbocycles. The number of hydrogen-bond acceptors (Lipinski definition) is 3. The van der Waals surface area contributed by atoms with Gasteiger partial charge in [0.05, 0.1) is 0 Å². The summed E-state index contributed by atoms with van der Waals surface area (Å²) in [6, 6.07) is 10.5. The van der Waals surface area contributed by atoms with E-state index in [1.54, 1.807) is 0 Å². The van der Waals surface area contributed by atoms with Crippen molar-refractivity contribution in [2.45, 2.75) is 31.8 Å². The molecule has 1 aromatic rings. The summed E-state index contributed by atoms with van der Waals surface area (Å²) in [4.78, 5) is 2.48. The van der Waals surface area contributed by atoms with Gasteiger partial charge in [-0.25, -0.2) is 0 Å². The van der Waals surface area contributed by atoms with Crippen molar-refractivity contribution >= 4 is 0 Å². The Balaban J connectivity index is 2.02. The van der Waals surface area contributed by atoms with Crippen LogP contribution in [0.25, 0.3) is 0 Å². The maximum Gasteiger partial charge on any atom is 0.176 e. The highest BCUT2D eigenvalue weighted by atomic mass is 15.2. The van der Waals surface area contributed by atoms with E-state index in [1.165, 1.54) is 12.0 Å². The van der Waals surface area contributed by atoms with Crippen molar-refractivity contribution in [2.24, 2.45) is 0 Å². The van der Waals surface area contributed by atoms with Crippen LogP contribution < -0.4 is 5.32 Å². The quantitative estimate of drug-likeness (QED) is 0.635. The second-order valence-corrected chi connectivity index (χ2v) is 4.97. The van der Waals surface area contributed by atoms with Gasteiger partial charge in [0.2, 0.25) is 0 Å². The lowest BCUT2D eigenvalue weighted by Gasteiger charge is -2.34. The normalized spacial score (nSPS) is 24.5. The molecule has 2 rings (SSSR count). The van der Waals surface area contributed by atoms with Crippen LogP contribution in [0.3, 0.4) is 0 Å². The largest absolute Gasteiger partial charge is 0.322 e. The topological polar surface area (TPSA) is 39.1 Å². The van der Waals surface area contributed by atoms with Gasteiger partial charge in [0.1, 0.15) is 0 Å². The number of rotatable bonds is 4. The van der Waals surface area contributed by atoms with Crippen LogP contribution in [-0.4, -0.2) is 23.5 Å². The lowest BCUT2D eigenvalue weighted by molar-refractivity contribution is 0.149. The molecular weight excluding hydrogens is 210 g/mol. The van der Waals surface area contributed by atoms with Gasteiger partial charge in [-0.2, -0.15) is 5.26 Å². The van der Waals surface area contributed by atoms with E-state index in [-0.39, 0.29) is 5.54 Å². The molecule has 1 aliphatic rings. The van der Waals surface area contributed by atoms with Crippen molar-refractivity contribution in [2.75, 3.05) is 13.1 Å². The van der Waals surface area contributed by atoms with Gasteiger partial charge in [0.25, 0.3) is 0 Å². The summed E-state index contributed by atoms with van der Waals surface area (Å²) in [6.07, 6.45) is 4.41. The molecule has 1 atom stereocenters. The van der Waals surface area contributed by atoms with Crippen LogP contribution >= 0.6 is 0 Å². The highest BCUT2D eigenvalue weighted by Crippen LogP contribution is 2.29. The van der Waals surface area contributed by atoms with E-state index in [0.717, 1.165) is 26.1 Å². The van der Waals surface area contributed by atoms with Gasteiger partial charge < -0.3 is 5.32 Å². The van der Waals surface area contributed by atoms with Gasteiger partial charge in [0.15, 0.2) is 6.19 Å². The van der Waals surface area contributed by atoms with E-state index >= 15 is 0 Å². The van der Waals surface area contributed by atoms with Crippen LogP contribution in [0.1, 0.15) is 25.3 Å². The maximum absolute atomic E-state index is 8.64. The molecule has 1 aliphatic heterocycles. The van der Waals surface area contributed by atoms with Gasteiger partial charge in [0, 0.05) is 18.6 Å². The first-order valence-electron chi connectivity index (χ1n) is 6.15. The molecule has 1 fully saturated rings. The lowest BCUT2D eigenvalue weighted by atomic mass is 9.98. The lowest BCUT2D eigenvalue weighted by Crippen LogP contribution is -2.47. The fraction of sp³-hybridized carbons (Fsp3) is 0.500. The molecule has 90 valence electrons. The van der Waals surface area contributed by atoms with Crippen molar-refractivity contribution in [3.63, 3.8) is 0 Å². The van der Waals surface area contributed by atoms with Crippen molar-refractivity contribution < 1.29 is 0 Å². The fourth-order valence-electron chi connectivity index (χ4n) is 2.58. The first kappa shape index (κ1) is 11.9. The molecule has 0 aromatic heterocycles. The summed E-state index contributed by atoms with van der Waals surface area (Å²) >= 11 is 0. The molecule has 1 unspecified atom stereocenters. The monoisotopic (exact) mass is 229 g/mol. The first-order chi connectivity index (χ1) is 8.24. The Morgan fingerprint density at radius 2 is 2.18 bits per heavy atom. The fourth-order valence-corrected chi connectivity index (χ4v) is 2.58. The Morgan fingerprint density at radius 3 is 2.88 bits per heavy atom. The third-order valence-electron chi connectivity index (χ3n) is 3.67. The Morgan fingerprint density at radius 1 is 1.41 bits per heavy atom. The Kier molecular flexibility index (Phi) is 3.65. The zero-order valence-electron chi connectivity index (χ0n) is 10.3. The molecule has 1 N–H and O–H groups in total. The molecule has 0 radical (unpaired) electrons. The minimum atomic E-state index is 0.117. The molecule has 1 aromatic carbocycles. The van der Waals surface area contributed by atoms with E-state index in [9.17, 15) is 0 Å². The summed E-state index contributed by atoms with van der Waals surface area (Å²) in [5.41, 5.74) is 1.46. The molecule has 1 heterocycles. The second kappa shape index (κ2) is 5.20. The van der Waals surface area contributed by atoms with Crippen LogP contribution in [0.4, 0.5) is 0 Å². The molecule has 1 saturated heterocycles. The summed E-state index contributed by atoms with van der Waals surface area (Å²) in [5, 5.41) is 11.4. The predicted octanol–water partition coefficient (Wildman–Crippen LogP) is 2.11. The van der Waals surface area contributed by atoms with E-state index in [4.69, 9.17) is 5.26 Å². The maximum atomic E-state index is 8.64. The third-order valence-corrected chi connectivity index (χ3v) is 3.67. The van der Waals surface area contributed by atoms with Crippen LogP contribution in [0.15, 0.2) is 30.3 Å². The average molecular weight is 229 g/mol. The zero-order chi connectivity index (χ0) is 12.1. The van der Waals surface area contributed by atoms with Crippen molar-refractivity contribution in [1.29, 1.82) is 5.26 Å². The standard InChI is InChI=1S/C14H19N3/c1-14(11-16-12-15)8-5-9-17(14)10-13-6-3-2-4-7-13/h2-4,6-7,16H,5,8-11H2,1H3. The first-order valence-corrected chi connectivity index (χ1v) is 6.15. The SMILES string of the molecule is CC1(CNC#N)CCCN1Cc1ccccc1. The number of hydrogen-bond donors (Lipinski definition) is 1. The number of benzene rings is 1. The van der Waals surface area contributed by atoms with E-state index < -0.39 is 0 Å². The smallest absolute Gasteiger partial charge is 0.176 e. The van der Waals surface area contributed by atoms with Gasteiger partial charge in [-0.05, 0) is 31.9 Å². The minimum Gasteiger partial charge on any atom is -0.322 e. The number of nitriles is 1. The minimum absolute atomic E-state index is 0.117. The molecule has 0 bridgehead atoms. The Bertz CT molecular complexity index is 396. The molecule has 17 heavy (non-hydrogen) atoms. The van der Waals surface area contributed by atoms with Crippen LogP contribution in [0.5, 0.6) is 0 Å². The van der Waals surface area contributed by atoms with E-state index in [0.29, 0.717) is 0 Å². The van der Waals surface area contributed by atoms with Crippen molar-refractivity contribution in [1.82, 2.24) is 10.2 Å². The molecule has 3 nitrogen and oxygen atoms in total. The van der Waals surface area contributed by atoms with Crippen LogP contribution in [0.2, 0.25) is 0 Å². The van der Waals surface area contributed by atoms with Crippen molar-refractivity contribution in [3.05, 3.63) is 35.9 Å². The summed E-state index contributed by atoms with van der Waals surface area (Å²) < 4.78 is 0. The Labute approximate surface area is 103 Å². The molecule has 3 heteroatoms. The van der Waals surface area contributed by atoms with Gasteiger partial charge in [-0.1, -0.05) is 30.3 Å². The third kappa shape index (κ3) is 2.78. The van der Waals surface area contributed by atoms with E-state index in [1.807, 2.05) is 12.3 Å². The molecular formula is C14H19N3. The van der Waals surface area contributed by atoms with Crippen LogP contribution in [-0.2, 0) is 6.54 Å². The molecule has 0 spiro atoms.